The standard InChI is InChI=1S/C23H21F3N4O5S/c24-23(25,26)14-29-11-16(10-27-29)36(32,33)28-9-15-12-34-13-19(22(15)31)30-17-5-1-3-7-20(17)35-21-8-4-2-6-18(21)30/h1-11,15,19,22,31H,12-14H2/b28-9-/t15?,19-,22-/m0/s1. The summed E-state index contributed by atoms with van der Waals surface area (Å²) >= 11 is 0. The van der Waals surface area contributed by atoms with Gasteiger partial charge in [-0.2, -0.15) is 31.1 Å². The van der Waals surface area contributed by atoms with Crippen LogP contribution in [0.1, 0.15) is 0 Å². The first-order valence-electron chi connectivity index (χ1n) is 10.9. The van der Waals surface area contributed by atoms with Gasteiger partial charge >= 0.3 is 6.18 Å². The third-order valence-electron chi connectivity index (χ3n) is 5.87. The fourth-order valence-electron chi connectivity index (χ4n) is 4.22. The Hall–Kier alpha value is -3.42. The number of aliphatic hydroxyl groups excluding tert-OH is 1. The van der Waals surface area contributed by atoms with Gasteiger partial charge in [-0.15, -0.1) is 0 Å². The number of halogens is 3. The maximum Gasteiger partial charge on any atom is 0.408 e. The van der Waals surface area contributed by atoms with Crippen molar-refractivity contribution >= 4 is 27.6 Å². The highest BCUT2D eigenvalue weighted by Gasteiger charge is 2.40. The Morgan fingerprint density at radius 2 is 1.72 bits per heavy atom. The molecule has 2 aliphatic rings. The number of para-hydroxylation sites is 4. The lowest BCUT2D eigenvalue weighted by atomic mass is 9.93. The van der Waals surface area contributed by atoms with Crippen LogP contribution >= 0.6 is 0 Å². The SMILES string of the molecule is O=S(=O)(/N=C\C1COC[C@H](N2c3ccccc3Oc3ccccc32)[C@H]1O)c1cnn(CC(F)(F)F)c1. The van der Waals surface area contributed by atoms with Crippen LogP contribution in [0.25, 0.3) is 0 Å². The zero-order valence-corrected chi connectivity index (χ0v) is 19.4. The molecule has 1 unspecified atom stereocenters. The molecule has 1 saturated heterocycles. The molecular weight excluding hydrogens is 501 g/mol. The summed E-state index contributed by atoms with van der Waals surface area (Å²) in [6, 6.07) is 14.0. The van der Waals surface area contributed by atoms with Crippen molar-refractivity contribution in [2.45, 2.75) is 29.8 Å². The molecule has 1 N–H and O–H groups in total. The molecular formula is C23H21F3N4O5S. The van der Waals surface area contributed by atoms with Gasteiger partial charge in [-0.25, -0.2) is 0 Å². The molecule has 1 fully saturated rings. The van der Waals surface area contributed by atoms with E-state index < -0.39 is 45.7 Å². The summed E-state index contributed by atoms with van der Waals surface area (Å²) in [5.41, 5.74) is 1.43. The summed E-state index contributed by atoms with van der Waals surface area (Å²) in [5.74, 6) is 0.390. The molecule has 0 aliphatic carbocycles. The second kappa shape index (κ2) is 9.22. The van der Waals surface area contributed by atoms with Crippen molar-refractivity contribution in [3.63, 3.8) is 0 Å². The van der Waals surface area contributed by atoms with Crippen molar-refractivity contribution < 1.29 is 36.2 Å². The number of nitrogens with zero attached hydrogens (tertiary/aromatic N) is 4. The van der Waals surface area contributed by atoms with Gasteiger partial charge in [0.2, 0.25) is 0 Å². The van der Waals surface area contributed by atoms with Crippen LogP contribution in [0.5, 0.6) is 11.5 Å². The molecule has 9 nitrogen and oxygen atoms in total. The molecule has 0 radical (unpaired) electrons. The van der Waals surface area contributed by atoms with Crippen LogP contribution in [-0.4, -0.2) is 61.1 Å². The number of benzene rings is 2. The Labute approximate surface area is 204 Å². The molecule has 36 heavy (non-hydrogen) atoms. The molecule has 2 aliphatic heterocycles. The van der Waals surface area contributed by atoms with Crippen LogP contribution in [0.15, 0.2) is 70.2 Å². The molecule has 3 heterocycles. The summed E-state index contributed by atoms with van der Waals surface area (Å²) in [7, 11) is -4.34. The number of anilines is 2. The van der Waals surface area contributed by atoms with Crippen LogP contribution < -0.4 is 9.64 Å². The highest BCUT2D eigenvalue weighted by atomic mass is 32.2. The van der Waals surface area contributed by atoms with Gasteiger partial charge in [0.25, 0.3) is 10.0 Å². The molecule has 1 aromatic heterocycles. The van der Waals surface area contributed by atoms with Crippen LogP contribution in [0.4, 0.5) is 24.5 Å². The quantitative estimate of drug-likeness (QED) is 0.511. The molecule has 3 aromatic rings. The van der Waals surface area contributed by atoms with E-state index in [0.717, 1.165) is 18.6 Å². The number of ether oxygens (including phenoxy) is 2. The second-order valence-corrected chi connectivity index (χ2v) is 10.0. The lowest BCUT2D eigenvalue weighted by molar-refractivity contribution is -0.142. The fraction of sp³-hybridized carbons (Fsp3) is 0.304. The lowest BCUT2D eigenvalue weighted by Gasteiger charge is -2.43. The molecule has 13 heteroatoms. The Balaban J connectivity index is 1.39. The maximum atomic E-state index is 12.6. The first-order chi connectivity index (χ1) is 17.1. The zero-order valence-electron chi connectivity index (χ0n) is 18.6. The third kappa shape index (κ3) is 4.81. The number of alkyl halides is 3. The number of fused-ring (bicyclic) bond motifs is 2. The van der Waals surface area contributed by atoms with E-state index in [-0.39, 0.29) is 13.2 Å². The summed E-state index contributed by atoms with van der Waals surface area (Å²) < 4.78 is 78.6. The van der Waals surface area contributed by atoms with E-state index in [4.69, 9.17) is 9.47 Å². The average Bonchev–Trinajstić information content (AvgIpc) is 3.30. The van der Waals surface area contributed by atoms with Gasteiger partial charge in [-0.3, -0.25) is 4.68 Å². The Bertz CT molecular complexity index is 1350. The minimum absolute atomic E-state index is 0.0116. The molecule has 0 saturated carbocycles. The predicted molar refractivity (Wildman–Crippen MR) is 123 cm³/mol. The van der Waals surface area contributed by atoms with Gasteiger partial charge in [0, 0.05) is 18.3 Å². The first kappa shape index (κ1) is 24.3. The van der Waals surface area contributed by atoms with Crippen molar-refractivity contribution in [3.8, 4) is 11.5 Å². The molecule has 3 atom stereocenters. The smallest absolute Gasteiger partial charge is 0.408 e. The van der Waals surface area contributed by atoms with Crippen LogP contribution in [0.2, 0.25) is 0 Å². The average molecular weight is 523 g/mol. The van der Waals surface area contributed by atoms with Gasteiger partial charge in [0.05, 0.1) is 42.9 Å². The highest BCUT2D eigenvalue weighted by Crippen LogP contribution is 2.48. The Morgan fingerprint density at radius 3 is 2.36 bits per heavy atom. The topological polar surface area (TPSA) is 106 Å². The fourth-order valence-corrected chi connectivity index (χ4v) is 5.10. The number of aromatic nitrogens is 2. The van der Waals surface area contributed by atoms with E-state index in [2.05, 4.69) is 9.50 Å². The Morgan fingerprint density at radius 1 is 1.08 bits per heavy atom. The van der Waals surface area contributed by atoms with Gasteiger partial charge in [-0.1, -0.05) is 24.3 Å². The van der Waals surface area contributed by atoms with Crippen molar-refractivity contribution in [3.05, 3.63) is 60.9 Å². The summed E-state index contributed by atoms with van der Waals surface area (Å²) in [4.78, 5) is 1.41. The third-order valence-corrected chi connectivity index (χ3v) is 7.08. The van der Waals surface area contributed by atoms with E-state index in [1.807, 2.05) is 41.3 Å². The molecule has 2 aromatic carbocycles. The first-order valence-corrected chi connectivity index (χ1v) is 12.4. The largest absolute Gasteiger partial charge is 0.453 e. The minimum Gasteiger partial charge on any atom is -0.453 e. The molecule has 0 amide bonds. The van der Waals surface area contributed by atoms with Crippen molar-refractivity contribution in [1.29, 1.82) is 0 Å². The van der Waals surface area contributed by atoms with Crippen molar-refractivity contribution in [2.24, 2.45) is 10.3 Å². The summed E-state index contributed by atoms with van der Waals surface area (Å²) in [6.45, 7) is -1.26. The summed E-state index contributed by atoms with van der Waals surface area (Å²) in [5, 5.41) is 14.7. The van der Waals surface area contributed by atoms with E-state index in [1.54, 1.807) is 12.1 Å². The van der Waals surface area contributed by atoms with Crippen molar-refractivity contribution in [1.82, 2.24) is 9.78 Å². The number of aliphatic hydroxyl groups is 1. The maximum absolute atomic E-state index is 12.6. The van der Waals surface area contributed by atoms with Crippen LogP contribution in [0, 0.1) is 5.92 Å². The molecule has 0 bridgehead atoms. The monoisotopic (exact) mass is 522 g/mol. The van der Waals surface area contributed by atoms with E-state index in [1.165, 1.54) is 0 Å². The number of sulfonamides is 1. The predicted octanol–water partition coefficient (Wildman–Crippen LogP) is 3.52. The number of hydrogen-bond donors (Lipinski definition) is 1. The van der Waals surface area contributed by atoms with E-state index in [0.29, 0.717) is 27.6 Å². The normalized spacial score (nSPS) is 22.2. The zero-order chi connectivity index (χ0) is 25.5. The van der Waals surface area contributed by atoms with Crippen LogP contribution in [-0.2, 0) is 21.3 Å². The summed E-state index contributed by atoms with van der Waals surface area (Å²) in [6.07, 6.45) is -3.00. The van der Waals surface area contributed by atoms with Crippen molar-refractivity contribution in [2.75, 3.05) is 18.1 Å². The molecule has 0 spiro atoms. The van der Waals surface area contributed by atoms with Gasteiger partial charge in [0.1, 0.15) is 11.4 Å². The van der Waals surface area contributed by atoms with E-state index >= 15 is 0 Å². The van der Waals surface area contributed by atoms with Crippen LogP contribution in [0.3, 0.4) is 0 Å². The second-order valence-electron chi connectivity index (χ2n) is 8.39. The highest BCUT2D eigenvalue weighted by molar-refractivity contribution is 7.90. The molecule has 5 rings (SSSR count). The number of rotatable bonds is 5. The lowest BCUT2D eigenvalue weighted by Crippen LogP contribution is -2.53. The Kier molecular flexibility index (Phi) is 6.22. The number of hydrogen-bond acceptors (Lipinski definition) is 7. The van der Waals surface area contributed by atoms with Gasteiger partial charge in [-0.05, 0) is 24.3 Å². The van der Waals surface area contributed by atoms with E-state index in [9.17, 15) is 26.7 Å². The van der Waals surface area contributed by atoms with Gasteiger partial charge < -0.3 is 19.5 Å². The minimum atomic E-state index is -4.55. The van der Waals surface area contributed by atoms with Gasteiger partial charge in [0.15, 0.2) is 11.5 Å². The molecule has 190 valence electrons.